The van der Waals surface area contributed by atoms with Gasteiger partial charge in [-0.05, 0) is 17.8 Å². The van der Waals surface area contributed by atoms with E-state index in [2.05, 4.69) is 34.3 Å². The number of hydrogen-bond donors (Lipinski definition) is 0. The summed E-state index contributed by atoms with van der Waals surface area (Å²) in [4.78, 5) is 25.6. The van der Waals surface area contributed by atoms with Gasteiger partial charge in [-0.2, -0.15) is 0 Å². The molecular weight excluding hydrogens is 242 g/mol. The van der Waals surface area contributed by atoms with Crippen LogP contribution in [-0.4, -0.2) is 36.5 Å². The SMILES string of the molecule is C=CCN(CC(=O)OCC)C(=O)C1C(C)(C)C1(C)C. The zero-order valence-corrected chi connectivity index (χ0v) is 12.7. The summed E-state index contributed by atoms with van der Waals surface area (Å²) >= 11 is 0. The standard InChI is InChI=1S/C15H25NO3/c1-7-9-16(10-11(17)19-8-2)13(18)12-14(3,4)15(12,5)6/h7,12H,1,8-10H2,2-6H3. The molecule has 1 saturated carbocycles. The summed E-state index contributed by atoms with van der Waals surface area (Å²) in [5.41, 5.74) is -0.0592. The van der Waals surface area contributed by atoms with Gasteiger partial charge >= 0.3 is 5.97 Å². The molecule has 4 nitrogen and oxygen atoms in total. The lowest BCUT2D eigenvalue weighted by atomic mass is 10.0. The number of amides is 1. The molecule has 1 amide bonds. The van der Waals surface area contributed by atoms with Crippen LogP contribution in [0.3, 0.4) is 0 Å². The smallest absolute Gasteiger partial charge is 0.325 e. The fourth-order valence-corrected chi connectivity index (χ4v) is 2.75. The molecule has 0 unspecified atom stereocenters. The fraction of sp³-hybridized carbons (Fsp3) is 0.733. The third-order valence-electron chi connectivity index (χ3n) is 4.55. The Balaban J connectivity index is 2.75. The number of carbonyl (C=O) groups excluding carboxylic acids is 2. The first kappa shape index (κ1) is 15.7. The lowest BCUT2D eigenvalue weighted by molar-refractivity contribution is -0.149. The zero-order chi connectivity index (χ0) is 14.8. The van der Waals surface area contributed by atoms with Gasteiger partial charge in [-0.15, -0.1) is 6.58 Å². The van der Waals surface area contributed by atoms with Gasteiger partial charge in [0.25, 0.3) is 0 Å². The van der Waals surface area contributed by atoms with Crippen LogP contribution < -0.4 is 0 Å². The molecule has 0 aliphatic heterocycles. The molecule has 4 heteroatoms. The van der Waals surface area contributed by atoms with E-state index in [-0.39, 0.29) is 35.2 Å². The van der Waals surface area contributed by atoms with Crippen molar-refractivity contribution in [1.82, 2.24) is 4.90 Å². The maximum atomic E-state index is 12.5. The second-order valence-electron chi connectivity index (χ2n) is 6.19. The zero-order valence-electron chi connectivity index (χ0n) is 12.7. The van der Waals surface area contributed by atoms with Crippen LogP contribution in [0, 0.1) is 16.7 Å². The van der Waals surface area contributed by atoms with Gasteiger partial charge in [0.15, 0.2) is 0 Å². The molecule has 1 aliphatic rings. The predicted molar refractivity (Wildman–Crippen MR) is 74.5 cm³/mol. The molecule has 1 aliphatic carbocycles. The van der Waals surface area contributed by atoms with Gasteiger partial charge in [0, 0.05) is 12.5 Å². The number of esters is 1. The Morgan fingerprint density at radius 1 is 1.26 bits per heavy atom. The number of hydrogen-bond acceptors (Lipinski definition) is 3. The highest BCUT2D eigenvalue weighted by Gasteiger charge is 2.68. The fourth-order valence-electron chi connectivity index (χ4n) is 2.75. The van der Waals surface area contributed by atoms with Crippen LogP contribution >= 0.6 is 0 Å². The van der Waals surface area contributed by atoms with Crippen molar-refractivity contribution in [2.75, 3.05) is 19.7 Å². The molecule has 0 aromatic carbocycles. The van der Waals surface area contributed by atoms with Crippen molar-refractivity contribution in [2.45, 2.75) is 34.6 Å². The first-order valence-corrected chi connectivity index (χ1v) is 6.75. The first-order valence-electron chi connectivity index (χ1n) is 6.75. The largest absolute Gasteiger partial charge is 0.465 e. The number of carbonyl (C=O) groups is 2. The van der Waals surface area contributed by atoms with Crippen molar-refractivity contribution in [3.63, 3.8) is 0 Å². The van der Waals surface area contributed by atoms with E-state index < -0.39 is 0 Å². The quantitative estimate of drug-likeness (QED) is 0.548. The minimum absolute atomic E-state index is 0.00134. The van der Waals surface area contributed by atoms with Crippen LogP contribution in [0.2, 0.25) is 0 Å². The Morgan fingerprint density at radius 3 is 2.16 bits per heavy atom. The van der Waals surface area contributed by atoms with Crippen LogP contribution in [0.5, 0.6) is 0 Å². The van der Waals surface area contributed by atoms with Crippen LogP contribution in [0.4, 0.5) is 0 Å². The van der Waals surface area contributed by atoms with E-state index in [1.165, 1.54) is 4.90 Å². The normalized spacial score (nSPS) is 19.6. The molecule has 0 radical (unpaired) electrons. The van der Waals surface area contributed by atoms with Crippen molar-refractivity contribution in [3.05, 3.63) is 12.7 Å². The molecule has 19 heavy (non-hydrogen) atoms. The van der Waals surface area contributed by atoms with Gasteiger partial charge in [-0.1, -0.05) is 33.8 Å². The van der Waals surface area contributed by atoms with Gasteiger partial charge in [0.05, 0.1) is 6.61 Å². The van der Waals surface area contributed by atoms with E-state index in [4.69, 9.17) is 4.74 Å². The van der Waals surface area contributed by atoms with Crippen LogP contribution in [0.15, 0.2) is 12.7 Å². The van der Waals surface area contributed by atoms with E-state index in [1.807, 2.05) is 0 Å². The molecule has 0 saturated heterocycles. The van der Waals surface area contributed by atoms with E-state index in [1.54, 1.807) is 13.0 Å². The second-order valence-corrected chi connectivity index (χ2v) is 6.19. The number of ether oxygens (including phenoxy) is 1. The van der Waals surface area contributed by atoms with E-state index >= 15 is 0 Å². The van der Waals surface area contributed by atoms with E-state index in [0.717, 1.165) is 0 Å². The third-order valence-corrected chi connectivity index (χ3v) is 4.55. The van der Waals surface area contributed by atoms with Crippen molar-refractivity contribution in [2.24, 2.45) is 16.7 Å². The summed E-state index contributed by atoms with van der Waals surface area (Å²) < 4.78 is 4.91. The Labute approximate surface area is 115 Å². The van der Waals surface area contributed by atoms with Crippen molar-refractivity contribution < 1.29 is 14.3 Å². The molecule has 0 atom stereocenters. The topological polar surface area (TPSA) is 46.6 Å². The number of rotatable bonds is 6. The maximum Gasteiger partial charge on any atom is 0.325 e. The van der Waals surface area contributed by atoms with E-state index in [9.17, 15) is 9.59 Å². The van der Waals surface area contributed by atoms with Crippen LogP contribution in [-0.2, 0) is 14.3 Å². The Hall–Kier alpha value is -1.32. The maximum absolute atomic E-state index is 12.5. The summed E-state index contributed by atoms with van der Waals surface area (Å²) in [6, 6.07) is 0. The molecule has 0 aromatic heterocycles. The summed E-state index contributed by atoms with van der Waals surface area (Å²) in [6.07, 6.45) is 1.64. The lowest BCUT2D eigenvalue weighted by Gasteiger charge is -2.21. The molecule has 0 spiro atoms. The predicted octanol–water partition coefficient (Wildman–Crippen LogP) is 2.25. The highest BCUT2D eigenvalue weighted by Crippen LogP contribution is 2.68. The Kier molecular flexibility index (Phi) is 4.43. The molecule has 1 fully saturated rings. The Morgan fingerprint density at radius 2 is 1.79 bits per heavy atom. The average Bonchev–Trinajstić information content (AvgIpc) is 2.68. The molecule has 0 bridgehead atoms. The van der Waals surface area contributed by atoms with Crippen molar-refractivity contribution in [3.8, 4) is 0 Å². The second kappa shape index (κ2) is 5.35. The highest BCUT2D eigenvalue weighted by molar-refractivity contribution is 5.87. The lowest BCUT2D eigenvalue weighted by Crippen LogP contribution is -2.38. The molecular formula is C15H25NO3. The Bertz CT molecular complexity index is 371. The van der Waals surface area contributed by atoms with Gasteiger partial charge < -0.3 is 9.64 Å². The summed E-state index contributed by atoms with van der Waals surface area (Å²) in [5, 5.41) is 0. The summed E-state index contributed by atoms with van der Waals surface area (Å²) in [7, 11) is 0. The third kappa shape index (κ3) is 2.82. The summed E-state index contributed by atoms with van der Waals surface area (Å²) in [6.45, 7) is 14.5. The van der Waals surface area contributed by atoms with E-state index in [0.29, 0.717) is 13.2 Å². The minimum Gasteiger partial charge on any atom is -0.465 e. The number of nitrogens with zero attached hydrogens (tertiary/aromatic N) is 1. The van der Waals surface area contributed by atoms with Gasteiger partial charge in [-0.25, -0.2) is 0 Å². The monoisotopic (exact) mass is 267 g/mol. The highest BCUT2D eigenvalue weighted by atomic mass is 16.5. The molecule has 0 heterocycles. The molecule has 0 N–H and O–H groups in total. The molecule has 0 aromatic rings. The van der Waals surface area contributed by atoms with Crippen molar-refractivity contribution >= 4 is 11.9 Å². The minimum atomic E-state index is -0.367. The first-order chi connectivity index (χ1) is 8.70. The van der Waals surface area contributed by atoms with Gasteiger partial charge in [0.1, 0.15) is 6.54 Å². The van der Waals surface area contributed by atoms with Gasteiger partial charge in [-0.3, -0.25) is 9.59 Å². The van der Waals surface area contributed by atoms with Gasteiger partial charge in [0.2, 0.25) is 5.91 Å². The van der Waals surface area contributed by atoms with Crippen LogP contribution in [0.25, 0.3) is 0 Å². The molecule has 1 rings (SSSR count). The summed E-state index contributed by atoms with van der Waals surface area (Å²) in [5.74, 6) is -0.397. The van der Waals surface area contributed by atoms with Crippen LogP contribution in [0.1, 0.15) is 34.6 Å². The molecule has 108 valence electrons. The average molecular weight is 267 g/mol. The van der Waals surface area contributed by atoms with Crippen molar-refractivity contribution in [1.29, 1.82) is 0 Å².